The number of hydrogen-bond donors (Lipinski definition) is 0. The zero-order chi connectivity index (χ0) is 22.8. The maximum atomic E-state index is 13.5. The van der Waals surface area contributed by atoms with Crippen LogP contribution in [0.5, 0.6) is 0 Å². The van der Waals surface area contributed by atoms with Crippen LogP contribution in [-0.4, -0.2) is 46.5 Å². The fourth-order valence-electron chi connectivity index (χ4n) is 1.96. The molecule has 0 aliphatic carbocycles. The summed E-state index contributed by atoms with van der Waals surface area (Å²) in [6.07, 6.45) is -9.54. The Kier molecular flexibility index (Phi) is 8.65. The Hall–Kier alpha value is -0.810. The number of hydrogen-bond acceptors (Lipinski definition) is 3. The largest absolute Gasteiger partial charge is 0.460 e. The highest BCUT2D eigenvalue weighted by molar-refractivity contribution is 8.00. The van der Waals surface area contributed by atoms with E-state index < -0.39 is 53.6 Å². The van der Waals surface area contributed by atoms with Crippen LogP contribution >= 0.6 is 11.8 Å². The van der Waals surface area contributed by atoms with E-state index in [0.29, 0.717) is 0 Å². The van der Waals surface area contributed by atoms with Crippen LogP contribution in [0.3, 0.4) is 0 Å². The summed E-state index contributed by atoms with van der Waals surface area (Å²) < 4.78 is 120. The number of thioether (sulfide) groups is 1. The number of esters is 1. The molecule has 0 aromatic carbocycles. The predicted octanol–water partition coefficient (Wildman–Crippen LogP) is 6.33. The summed E-state index contributed by atoms with van der Waals surface area (Å²) in [4.78, 5) is 12.1. The second-order valence-electron chi connectivity index (χ2n) is 7.52. The van der Waals surface area contributed by atoms with Crippen LogP contribution in [0.2, 0.25) is 0 Å². The van der Waals surface area contributed by atoms with E-state index in [-0.39, 0.29) is 11.7 Å². The van der Waals surface area contributed by atoms with Crippen LogP contribution in [0.1, 0.15) is 47.5 Å². The topological polar surface area (TPSA) is 26.3 Å². The Morgan fingerprint density at radius 2 is 1.36 bits per heavy atom. The molecule has 2 nitrogen and oxygen atoms in total. The Labute approximate surface area is 161 Å². The minimum atomic E-state index is -6.88. The van der Waals surface area contributed by atoms with E-state index >= 15 is 0 Å². The number of alkyl halides is 9. The molecule has 0 aromatic heterocycles. The monoisotopic (exact) mass is 450 g/mol. The molecule has 0 fully saturated rings. The van der Waals surface area contributed by atoms with Gasteiger partial charge in [-0.15, -0.1) is 11.8 Å². The number of ether oxygens (including phenoxy) is 1. The summed E-state index contributed by atoms with van der Waals surface area (Å²) in [7, 11) is 0. The Bertz CT molecular complexity index is 525. The molecular weight excluding hydrogens is 427 g/mol. The smallest absolute Gasteiger partial charge is 0.459 e. The summed E-state index contributed by atoms with van der Waals surface area (Å²) in [6, 6.07) is 0. The van der Waals surface area contributed by atoms with Gasteiger partial charge < -0.3 is 4.74 Å². The third kappa shape index (κ3) is 6.62. The quantitative estimate of drug-likeness (QED) is 0.233. The predicted molar refractivity (Wildman–Crippen MR) is 87.1 cm³/mol. The summed E-state index contributed by atoms with van der Waals surface area (Å²) in [5.41, 5.74) is -0.830. The molecule has 28 heavy (non-hydrogen) atoms. The molecule has 12 heteroatoms. The number of carbonyl (C=O) groups is 1. The van der Waals surface area contributed by atoms with Gasteiger partial charge in [0.05, 0.1) is 0 Å². The number of carbonyl (C=O) groups excluding carboxylic acids is 1. The first kappa shape index (κ1) is 27.2. The van der Waals surface area contributed by atoms with Crippen molar-refractivity contribution in [3.63, 3.8) is 0 Å². The molecule has 0 heterocycles. The first-order valence-corrected chi connectivity index (χ1v) is 9.27. The van der Waals surface area contributed by atoms with Gasteiger partial charge in [-0.3, -0.25) is 4.79 Å². The van der Waals surface area contributed by atoms with Crippen LogP contribution in [0, 0.1) is 5.92 Å². The van der Waals surface area contributed by atoms with E-state index in [1.54, 1.807) is 34.6 Å². The summed E-state index contributed by atoms with van der Waals surface area (Å²) in [5, 5.41) is -0.843. The fraction of sp³-hybridized carbons (Fsp3) is 0.938. The lowest BCUT2D eigenvalue weighted by atomic mass is 10.00. The maximum Gasteiger partial charge on any atom is 0.460 e. The number of rotatable bonds is 9. The zero-order valence-corrected chi connectivity index (χ0v) is 16.7. The third-order valence-electron chi connectivity index (χ3n) is 3.39. The van der Waals surface area contributed by atoms with Gasteiger partial charge >= 0.3 is 29.9 Å². The van der Waals surface area contributed by atoms with Crippen molar-refractivity contribution in [1.82, 2.24) is 0 Å². The molecule has 0 bridgehead atoms. The van der Waals surface area contributed by atoms with Crippen molar-refractivity contribution in [3.05, 3.63) is 0 Å². The van der Waals surface area contributed by atoms with Gasteiger partial charge in [-0.25, -0.2) is 0 Å². The minimum absolute atomic E-state index is 0.323. The third-order valence-corrected chi connectivity index (χ3v) is 5.01. The van der Waals surface area contributed by atoms with Gasteiger partial charge in [0.25, 0.3) is 0 Å². The highest BCUT2D eigenvalue weighted by atomic mass is 32.2. The van der Waals surface area contributed by atoms with E-state index in [0.717, 1.165) is 11.8 Å². The molecule has 0 aliphatic heterocycles. The SMILES string of the molecule is CC(C)C(SCCCC(F)(F)C(F)(F)C(F)(F)C(F)(F)F)C(=O)OC(C)(C)C. The molecule has 0 saturated carbocycles. The average molecular weight is 450 g/mol. The Balaban J connectivity index is 4.98. The second kappa shape index (κ2) is 8.91. The number of halogens is 9. The maximum absolute atomic E-state index is 13.5. The van der Waals surface area contributed by atoms with Crippen LogP contribution in [-0.2, 0) is 9.53 Å². The van der Waals surface area contributed by atoms with Crippen molar-refractivity contribution < 1.29 is 49.0 Å². The van der Waals surface area contributed by atoms with Gasteiger partial charge in [-0.1, -0.05) is 13.8 Å². The molecular formula is C16H23F9O2S. The van der Waals surface area contributed by atoms with E-state index in [4.69, 9.17) is 4.74 Å². The molecule has 0 rings (SSSR count). The van der Waals surface area contributed by atoms with Gasteiger partial charge in [-0.2, -0.15) is 39.5 Å². The first-order valence-electron chi connectivity index (χ1n) is 8.22. The highest BCUT2D eigenvalue weighted by Crippen LogP contribution is 2.54. The van der Waals surface area contributed by atoms with Crippen LogP contribution in [0.15, 0.2) is 0 Å². The summed E-state index contributed by atoms with van der Waals surface area (Å²) in [5.74, 6) is -20.4. The minimum Gasteiger partial charge on any atom is -0.459 e. The van der Waals surface area contributed by atoms with Crippen molar-refractivity contribution in [3.8, 4) is 0 Å². The molecule has 1 unspecified atom stereocenters. The van der Waals surface area contributed by atoms with Crippen LogP contribution < -0.4 is 0 Å². The van der Waals surface area contributed by atoms with Crippen LogP contribution in [0.25, 0.3) is 0 Å². The van der Waals surface area contributed by atoms with Crippen LogP contribution in [0.4, 0.5) is 39.5 Å². The molecule has 0 saturated heterocycles. The van der Waals surface area contributed by atoms with Gasteiger partial charge in [0.1, 0.15) is 10.9 Å². The summed E-state index contributed by atoms with van der Waals surface area (Å²) in [6.45, 7) is 8.02. The van der Waals surface area contributed by atoms with Crippen molar-refractivity contribution in [1.29, 1.82) is 0 Å². The van der Waals surface area contributed by atoms with E-state index in [1.807, 2.05) is 0 Å². The van der Waals surface area contributed by atoms with Gasteiger partial charge in [0, 0.05) is 6.42 Å². The van der Waals surface area contributed by atoms with Crippen molar-refractivity contribution in [2.75, 3.05) is 5.75 Å². The zero-order valence-electron chi connectivity index (χ0n) is 15.9. The van der Waals surface area contributed by atoms with Gasteiger partial charge in [-0.05, 0) is 38.9 Å². The van der Waals surface area contributed by atoms with Crippen molar-refractivity contribution in [2.24, 2.45) is 5.92 Å². The van der Waals surface area contributed by atoms with Crippen molar-refractivity contribution >= 4 is 17.7 Å². The normalized spacial score (nSPS) is 15.7. The van der Waals surface area contributed by atoms with Crippen molar-refractivity contribution in [2.45, 2.75) is 82.3 Å². The van der Waals surface area contributed by atoms with E-state index in [2.05, 4.69) is 0 Å². The molecule has 0 N–H and O–H groups in total. The lowest BCUT2D eigenvalue weighted by Gasteiger charge is -2.33. The molecule has 168 valence electrons. The van der Waals surface area contributed by atoms with E-state index in [1.165, 1.54) is 0 Å². The standard InChI is InChI=1S/C16H23F9O2S/c1-9(2)10(11(26)27-12(3,4)5)28-8-6-7-13(17,18)14(19,20)15(21,22)16(23,24)25/h9-10H,6-8H2,1-5H3. The van der Waals surface area contributed by atoms with E-state index in [9.17, 15) is 44.3 Å². The molecule has 1 atom stereocenters. The first-order chi connectivity index (χ1) is 12.2. The highest BCUT2D eigenvalue weighted by Gasteiger charge is 2.81. The lowest BCUT2D eigenvalue weighted by Crippen LogP contribution is -2.60. The van der Waals surface area contributed by atoms with Gasteiger partial charge in [0.2, 0.25) is 0 Å². The molecule has 0 spiro atoms. The molecule has 0 amide bonds. The second-order valence-corrected chi connectivity index (χ2v) is 8.77. The average Bonchev–Trinajstić information content (AvgIpc) is 2.42. The summed E-state index contributed by atoms with van der Waals surface area (Å²) >= 11 is 0.780. The fourth-order valence-corrected chi connectivity index (χ4v) is 3.10. The lowest BCUT2D eigenvalue weighted by molar-refractivity contribution is -0.396. The van der Waals surface area contributed by atoms with Gasteiger partial charge in [0.15, 0.2) is 0 Å². The Morgan fingerprint density at radius 1 is 0.893 bits per heavy atom. The molecule has 0 aliphatic rings. The Morgan fingerprint density at radius 3 is 1.71 bits per heavy atom. The molecule has 0 radical (unpaired) electrons. The molecule has 0 aromatic rings.